The van der Waals surface area contributed by atoms with Gasteiger partial charge in [0.2, 0.25) is 0 Å². The van der Waals surface area contributed by atoms with Gasteiger partial charge in [0.15, 0.2) is 0 Å². The van der Waals surface area contributed by atoms with Gasteiger partial charge in [-0.05, 0) is 24.1 Å². The predicted molar refractivity (Wildman–Crippen MR) is 64.5 cm³/mol. The van der Waals surface area contributed by atoms with Crippen molar-refractivity contribution in [2.24, 2.45) is 0 Å². The summed E-state index contributed by atoms with van der Waals surface area (Å²) in [7, 11) is -1.65. The Morgan fingerprint density at radius 3 is 2.07 bits per heavy atom. The number of benzene rings is 1. The average molecular weight is 223 g/mol. The maximum atomic E-state index is 5.78. The first-order chi connectivity index (χ1) is 7.38. The van der Waals surface area contributed by atoms with Crippen LogP contribution < -0.4 is 5.19 Å². The molecule has 0 N–H and O–H groups in total. The van der Waals surface area contributed by atoms with Crippen LogP contribution in [0.2, 0.25) is 0 Å². The van der Waals surface area contributed by atoms with Gasteiger partial charge >= 0.3 is 9.28 Å². The molecule has 0 bridgehead atoms. The molecule has 3 heteroatoms. The van der Waals surface area contributed by atoms with Gasteiger partial charge in [-0.3, -0.25) is 0 Å². The van der Waals surface area contributed by atoms with E-state index in [-0.39, 0.29) is 0 Å². The van der Waals surface area contributed by atoms with Crippen LogP contribution in [0.5, 0.6) is 0 Å². The van der Waals surface area contributed by atoms with Crippen LogP contribution in [0.3, 0.4) is 0 Å². The van der Waals surface area contributed by atoms with Crippen molar-refractivity contribution in [1.29, 1.82) is 0 Å². The van der Waals surface area contributed by atoms with Gasteiger partial charge < -0.3 is 8.85 Å². The van der Waals surface area contributed by atoms with Gasteiger partial charge in [0.25, 0.3) is 0 Å². The molecule has 0 aromatic heterocycles. The van der Waals surface area contributed by atoms with E-state index in [4.69, 9.17) is 8.85 Å². The van der Waals surface area contributed by atoms with Crippen LogP contribution in [-0.2, 0) is 8.85 Å². The molecule has 0 aliphatic rings. The molecular formula is C12H19O2Si. The van der Waals surface area contributed by atoms with Crippen LogP contribution in [0.4, 0.5) is 0 Å². The summed E-state index contributed by atoms with van der Waals surface area (Å²) in [6.07, 6.45) is 2.08. The second-order valence-corrected chi connectivity index (χ2v) is 5.40. The molecule has 0 spiro atoms. The number of hydrogen-bond acceptors (Lipinski definition) is 2. The van der Waals surface area contributed by atoms with Crippen molar-refractivity contribution in [3.8, 4) is 0 Å². The molecule has 0 saturated heterocycles. The number of hydrogen-bond donors (Lipinski definition) is 0. The molecule has 0 unspecified atom stereocenters. The summed E-state index contributed by atoms with van der Waals surface area (Å²) >= 11 is 0. The van der Waals surface area contributed by atoms with Crippen LogP contribution >= 0.6 is 0 Å². The molecule has 0 saturated carbocycles. The third kappa shape index (κ3) is 4.60. The van der Waals surface area contributed by atoms with E-state index in [1.807, 2.05) is 24.3 Å². The molecule has 2 nitrogen and oxygen atoms in total. The second kappa shape index (κ2) is 7.62. The van der Waals surface area contributed by atoms with Gasteiger partial charge in [-0.15, -0.1) is 0 Å². The van der Waals surface area contributed by atoms with Gasteiger partial charge in [0.1, 0.15) is 0 Å². The largest absolute Gasteiger partial charge is 0.393 e. The van der Waals surface area contributed by atoms with Gasteiger partial charge in [0, 0.05) is 13.2 Å². The van der Waals surface area contributed by atoms with Crippen LogP contribution in [0.15, 0.2) is 24.3 Å². The molecule has 0 fully saturated rings. The van der Waals surface area contributed by atoms with E-state index in [1.54, 1.807) is 0 Å². The zero-order valence-corrected chi connectivity index (χ0v) is 10.7. The minimum Gasteiger partial charge on any atom is -0.393 e. The molecule has 0 atom stereocenters. The zero-order valence-electron chi connectivity index (χ0n) is 9.53. The topological polar surface area (TPSA) is 18.5 Å². The molecule has 1 radical (unpaired) electrons. The summed E-state index contributed by atoms with van der Waals surface area (Å²) < 4.78 is 11.6. The summed E-state index contributed by atoms with van der Waals surface area (Å²) in [4.78, 5) is 0. The Hall–Kier alpha value is -0.643. The molecule has 0 amide bonds. The highest BCUT2D eigenvalue weighted by molar-refractivity contribution is 6.61. The molecule has 1 rings (SSSR count). The first-order valence-corrected chi connectivity index (χ1v) is 7.09. The summed E-state index contributed by atoms with van der Waals surface area (Å²) in [6, 6.07) is 10.9. The SMILES string of the molecule is CCCO[SiH](OCCC)c1cc[c]cc1. The minimum absolute atomic E-state index is 0.791. The lowest BCUT2D eigenvalue weighted by Crippen LogP contribution is -2.37. The summed E-state index contributed by atoms with van der Waals surface area (Å²) in [5.41, 5.74) is 0. The summed E-state index contributed by atoms with van der Waals surface area (Å²) in [5, 5.41) is 1.20. The Balaban J connectivity index is 2.55. The van der Waals surface area contributed by atoms with E-state index in [1.165, 1.54) is 5.19 Å². The predicted octanol–water partition coefficient (Wildman–Crippen LogP) is 1.77. The highest BCUT2D eigenvalue weighted by Crippen LogP contribution is 1.95. The van der Waals surface area contributed by atoms with Gasteiger partial charge in [-0.25, -0.2) is 0 Å². The van der Waals surface area contributed by atoms with Crippen LogP contribution in [0, 0.1) is 6.07 Å². The van der Waals surface area contributed by atoms with E-state index >= 15 is 0 Å². The molecule has 1 aromatic carbocycles. The average Bonchev–Trinajstić information content (AvgIpc) is 2.30. The van der Waals surface area contributed by atoms with Gasteiger partial charge in [-0.2, -0.15) is 0 Å². The first kappa shape index (κ1) is 12.4. The van der Waals surface area contributed by atoms with E-state index < -0.39 is 9.28 Å². The summed E-state index contributed by atoms with van der Waals surface area (Å²) in [6.45, 7) is 5.81. The maximum absolute atomic E-state index is 5.78. The summed E-state index contributed by atoms with van der Waals surface area (Å²) in [5.74, 6) is 0. The fraction of sp³-hybridized carbons (Fsp3) is 0.500. The lowest BCUT2D eigenvalue weighted by atomic mass is 10.4. The smallest absolute Gasteiger partial charge is 0.355 e. The highest BCUT2D eigenvalue weighted by atomic mass is 28.3. The van der Waals surface area contributed by atoms with Crippen molar-refractivity contribution in [1.82, 2.24) is 0 Å². The maximum Gasteiger partial charge on any atom is 0.355 e. The molecule has 15 heavy (non-hydrogen) atoms. The lowest BCUT2D eigenvalue weighted by molar-refractivity contribution is 0.207. The number of rotatable bonds is 7. The molecule has 0 heterocycles. The third-order valence-corrected chi connectivity index (χ3v) is 3.97. The Morgan fingerprint density at radius 1 is 1.07 bits per heavy atom. The van der Waals surface area contributed by atoms with E-state index in [9.17, 15) is 0 Å². The van der Waals surface area contributed by atoms with Crippen LogP contribution in [-0.4, -0.2) is 22.5 Å². The molecule has 1 aromatic rings. The van der Waals surface area contributed by atoms with Crippen molar-refractivity contribution >= 4 is 14.5 Å². The molecule has 83 valence electrons. The van der Waals surface area contributed by atoms with Crippen molar-refractivity contribution in [2.45, 2.75) is 26.7 Å². The van der Waals surface area contributed by atoms with Crippen LogP contribution in [0.25, 0.3) is 0 Å². The van der Waals surface area contributed by atoms with Crippen LogP contribution in [0.1, 0.15) is 26.7 Å². The normalized spacial score (nSPS) is 10.9. The quantitative estimate of drug-likeness (QED) is 0.656. The molecule has 0 aliphatic carbocycles. The van der Waals surface area contributed by atoms with Gasteiger partial charge in [0.05, 0.1) is 0 Å². The van der Waals surface area contributed by atoms with Crippen molar-refractivity contribution < 1.29 is 8.85 Å². The molecular weight excluding hydrogens is 204 g/mol. The Morgan fingerprint density at radius 2 is 1.60 bits per heavy atom. The Kier molecular flexibility index (Phi) is 6.32. The first-order valence-electron chi connectivity index (χ1n) is 5.57. The standard InChI is InChI=1S/C12H19O2Si/c1-3-10-13-15(14-11-4-2)12-8-6-5-7-9-12/h6-9,15H,3-4,10-11H2,1-2H3. The Labute approximate surface area is 94.1 Å². The highest BCUT2D eigenvalue weighted by Gasteiger charge is 2.15. The zero-order chi connectivity index (χ0) is 10.9. The monoisotopic (exact) mass is 223 g/mol. The van der Waals surface area contributed by atoms with Crippen molar-refractivity contribution in [2.75, 3.05) is 13.2 Å². The van der Waals surface area contributed by atoms with Crippen molar-refractivity contribution in [3.63, 3.8) is 0 Å². The molecule has 0 aliphatic heterocycles. The van der Waals surface area contributed by atoms with E-state index in [2.05, 4.69) is 19.9 Å². The second-order valence-electron chi connectivity index (χ2n) is 3.41. The fourth-order valence-electron chi connectivity index (χ4n) is 1.25. The fourth-order valence-corrected chi connectivity index (χ4v) is 3.13. The lowest BCUT2D eigenvalue weighted by Gasteiger charge is -2.16. The Bertz CT molecular complexity index is 243. The van der Waals surface area contributed by atoms with E-state index in [0.29, 0.717) is 0 Å². The van der Waals surface area contributed by atoms with Crippen molar-refractivity contribution in [3.05, 3.63) is 30.3 Å². The van der Waals surface area contributed by atoms with E-state index in [0.717, 1.165) is 26.1 Å². The minimum atomic E-state index is -1.65. The van der Waals surface area contributed by atoms with Gasteiger partial charge in [-0.1, -0.05) is 38.1 Å². The third-order valence-electron chi connectivity index (χ3n) is 1.96.